The van der Waals surface area contributed by atoms with E-state index in [1.54, 1.807) is 18.2 Å². The molecule has 2 N–H and O–H groups in total. The van der Waals surface area contributed by atoms with Crippen molar-refractivity contribution < 1.29 is 19.5 Å². The molecule has 0 saturated carbocycles. The Morgan fingerprint density at radius 3 is 2.40 bits per heavy atom. The van der Waals surface area contributed by atoms with Crippen molar-refractivity contribution in [3.05, 3.63) is 32.7 Å². The number of benzene rings is 1. The molecule has 2 rings (SSSR count). The number of carbonyl (C=O) groups excluding carboxylic acids is 2. The molecule has 1 aromatic carbocycles. The molecule has 106 valence electrons. The molecular weight excluding hydrogens is 396 g/mol. The van der Waals surface area contributed by atoms with Crippen LogP contribution >= 0.6 is 31.9 Å². The van der Waals surface area contributed by atoms with Crippen molar-refractivity contribution in [2.24, 2.45) is 0 Å². The molecule has 1 heterocycles. The van der Waals surface area contributed by atoms with Gasteiger partial charge in [-0.15, -0.1) is 0 Å². The van der Waals surface area contributed by atoms with Crippen LogP contribution in [0, 0.1) is 0 Å². The van der Waals surface area contributed by atoms with Gasteiger partial charge in [0.25, 0.3) is 5.91 Å². The number of carboxylic acid groups (broad SMARTS) is 1. The minimum Gasteiger partial charge on any atom is -0.480 e. The molecule has 1 aromatic rings. The first-order valence-corrected chi connectivity index (χ1v) is 7.23. The van der Waals surface area contributed by atoms with Crippen molar-refractivity contribution in [1.29, 1.82) is 0 Å². The number of amides is 2. The van der Waals surface area contributed by atoms with E-state index in [1.807, 2.05) is 0 Å². The second-order valence-corrected chi connectivity index (χ2v) is 6.08. The minimum absolute atomic E-state index is 0.0882. The Morgan fingerprint density at radius 2 is 1.85 bits per heavy atom. The molecule has 0 aliphatic carbocycles. The summed E-state index contributed by atoms with van der Waals surface area (Å²) >= 11 is 6.53. The van der Waals surface area contributed by atoms with Crippen LogP contribution in [0.2, 0.25) is 0 Å². The van der Waals surface area contributed by atoms with Crippen LogP contribution in [-0.4, -0.2) is 46.9 Å². The summed E-state index contributed by atoms with van der Waals surface area (Å²) in [6, 6.07) is 3.86. The lowest BCUT2D eigenvalue weighted by Gasteiger charge is -2.32. The van der Waals surface area contributed by atoms with Gasteiger partial charge >= 0.3 is 5.97 Å². The average molecular weight is 406 g/mol. The van der Waals surface area contributed by atoms with Crippen molar-refractivity contribution in [2.75, 3.05) is 13.1 Å². The number of piperazine rings is 1. The van der Waals surface area contributed by atoms with Crippen LogP contribution in [0.1, 0.15) is 10.4 Å². The Morgan fingerprint density at radius 1 is 1.25 bits per heavy atom. The standard InChI is InChI=1S/C12H10Br2N2O4/c13-7-1-6(2-8(14)3-7)11(18)16-5-10(17)15-4-9(16)12(19)20/h1-3,9H,4-5H2,(H,15,17)(H,19,20). The summed E-state index contributed by atoms with van der Waals surface area (Å²) in [5, 5.41) is 11.6. The van der Waals surface area contributed by atoms with Gasteiger partial charge in [0.05, 0.1) is 0 Å². The molecule has 1 fully saturated rings. The van der Waals surface area contributed by atoms with Crippen molar-refractivity contribution >= 4 is 49.6 Å². The van der Waals surface area contributed by atoms with E-state index in [0.717, 1.165) is 4.90 Å². The lowest BCUT2D eigenvalue weighted by atomic mass is 10.1. The molecule has 1 unspecified atom stereocenters. The van der Waals surface area contributed by atoms with Crippen molar-refractivity contribution in [1.82, 2.24) is 10.2 Å². The quantitative estimate of drug-likeness (QED) is 0.774. The summed E-state index contributed by atoms with van der Waals surface area (Å²) < 4.78 is 1.37. The highest BCUT2D eigenvalue weighted by atomic mass is 79.9. The van der Waals surface area contributed by atoms with Gasteiger partial charge in [-0.1, -0.05) is 31.9 Å². The van der Waals surface area contributed by atoms with E-state index in [4.69, 9.17) is 5.11 Å². The van der Waals surface area contributed by atoms with Gasteiger partial charge in [0, 0.05) is 21.1 Å². The highest BCUT2D eigenvalue weighted by Gasteiger charge is 2.35. The number of nitrogens with one attached hydrogen (secondary N) is 1. The van der Waals surface area contributed by atoms with Gasteiger partial charge in [0.1, 0.15) is 12.6 Å². The first-order valence-electron chi connectivity index (χ1n) is 5.65. The van der Waals surface area contributed by atoms with Crippen LogP contribution in [-0.2, 0) is 9.59 Å². The highest BCUT2D eigenvalue weighted by Crippen LogP contribution is 2.22. The molecule has 1 saturated heterocycles. The number of carboxylic acids is 1. The summed E-state index contributed by atoms with van der Waals surface area (Å²) in [5.41, 5.74) is 0.312. The number of aliphatic carboxylic acids is 1. The molecule has 0 bridgehead atoms. The molecular formula is C12H10Br2N2O4. The molecule has 1 aliphatic rings. The molecule has 0 radical (unpaired) electrons. The number of hydrogen-bond donors (Lipinski definition) is 2. The van der Waals surface area contributed by atoms with E-state index >= 15 is 0 Å². The van der Waals surface area contributed by atoms with Gasteiger partial charge in [0.15, 0.2) is 0 Å². The SMILES string of the molecule is O=C1CN(C(=O)c2cc(Br)cc(Br)c2)C(C(=O)O)CN1. The Balaban J connectivity index is 2.33. The number of rotatable bonds is 2. The maximum atomic E-state index is 12.4. The van der Waals surface area contributed by atoms with Gasteiger partial charge in [-0.25, -0.2) is 4.79 Å². The Hall–Kier alpha value is -1.41. The second-order valence-electron chi connectivity index (χ2n) is 4.25. The van der Waals surface area contributed by atoms with Crippen molar-refractivity contribution in [2.45, 2.75) is 6.04 Å². The second kappa shape index (κ2) is 5.92. The predicted molar refractivity (Wildman–Crippen MR) is 77.3 cm³/mol. The zero-order valence-electron chi connectivity index (χ0n) is 10.1. The normalized spacial score (nSPS) is 18.6. The predicted octanol–water partition coefficient (Wildman–Crippen LogP) is 1.24. The monoisotopic (exact) mass is 404 g/mol. The topological polar surface area (TPSA) is 86.7 Å². The first kappa shape index (κ1) is 15.0. The number of hydrogen-bond acceptors (Lipinski definition) is 3. The van der Waals surface area contributed by atoms with Crippen LogP contribution in [0.15, 0.2) is 27.1 Å². The number of nitrogens with zero attached hydrogens (tertiary/aromatic N) is 1. The first-order chi connectivity index (χ1) is 9.38. The van der Waals surface area contributed by atoms with E-state index in [0.29, 0.717) is 14.5 Å². The zero-order valence-corrected chi connectivity index (χ0v) is 13.3. The summed E-state index contributed by atoms with van der Waals surface area (Å²) in [5.74, 6) is -2.01. The zero-order chi connectivity index (χ0) is 14.9. The van der Waals surface area contributed by atoms with E-state index in [-0.39, 0.29) is 19.0 Å². The van der Waals surface area contributed by atoms with E-state index in [2.05, 4.69) is 37.2 Å². The van der Waals surface area contributed by atoms with Crippen molar-refractivity contribution in [3.63, 3.8) is 0 Å². The molecule has 1 aliphatic heterocycles. The fraction of sp³-hybridized carbons (Fsp3) is 0.250. The lowest BCUT2D eigenvalue weighted by molar-refractivity contribution is -0.144. The summed E-state index contributed by atoms with van der Waals surface area (Å²) in [6.45, 7) is -0.352. The Kier molecular flexibility index (Phi) is 4.44. The van der Waals surface area contributed by atoms with Gasteiger partial charge < -0.3 is 15.3 Å². The van der Waals surface area contributed by atoms with Crippen molar-refractivity contribution in [3.8, 4) is 0 Å². The molecule has 20 heavy (non-hydrogen) atoms. The molecule has 0 spiro atoms. The summed E-state index contributed by atoms with van der Waals surface area (Å²) in [4.78, 5) is 36.0. The smallest absolute Gasteiger partial charge is 0.328 e. The summed E-state index contributed by atoms with van der Waals surface area (Å²) in [6.07, 6.45) is 0. The number of carbonyl (C=O) groups is 3. The molecule has 2 amide bonds. The van der Waals surface area contributed by atoms with Gasteiger partial charge in [-0.2, -0.15) is 0 Å². The molecule has 6 nitrogen and oxygen atoms in total. The summed E-state index contributed by atoms with van der Waals surface area (Å²) in [7, 11) is 0. The fourth-order valence-electron chi connectivity index (χ4n) is 1.92. The van der Waals surface area contributed by atoms with Crippen LogP contribution in [0.25, 0.3) is 0 Å². The average Bonchev–Trinajstić information content (AvgIpc) is 2.36. The fourth-order valence-corrected chi connectivity index (χ4v) is 3.21. The van der Waals surface area contributed by atoms with Crippen LogP contribution in [0.5, 0.6) is 0 Å². The maximum absolute atomic E-state index is 12.4. The number of halogens is 2. The van der Waals surface area contributed by atoms with Gasteiger partial charge in [0.2, 0.25) is 5.91 Å². The van der Waals surface area contributed by atoms with Crippen LogP contribution in [0.3, 0.4) is 0 Å². The maximum Gasteiger partial charge on any atom is 0.328 e. The van der Waals surface area contributed by atoms with Gasteiger partial charge in [-0.3, -0.25) is 9.59 Å². The molecule has 1 atom stereocenters. The minimum atomic E-state index is -1.15. The third kappa shape index (κ3) is 3.18. The van der Waals surface area contributed by atoms with E-state index < -0.39 is 17.9 Å². The highest BCUT2D eigenvalue weighted by molar-refractivity contribution is 9.11. The Bertz CT molecular complexity index is 571. The molecule has 8 heteroatoms. The van der Waals surface area contributed by atoms with Crippen LogP contribution < -0.4 is 5.32 Å². The lowest BCUT2D eigenvalue weighted by Crippen LogP contribution is -2.59. The third-order valence-electron chi connectivity index (χ3n) is 2.84. The van der Waals surface area contributed by atoms with E-state index in [9.17, 15) is 14.4 Å². The van der Waals surface area contributed by atoms with E-state index in [1.165, 1.54) is 0 Å². The third-order valence-corrected chi connectivity index (χ3v) is 3.75. The molecule has 0 aromatic heterocycles. The Labute approximate surface area is 131 Å². The van der Waals surface area contributed by atoms with Gasteiger partial charge in [-0.05, 0) is 18.2 Å². The largest absolute Gasteiger partial charge is 0.480 e. The van der Waals surface area contributed by atoms with Crippen LogP contribution in [0.4, 0.5) is 0 Å².